The van der Waals surface area contributed by atoms with Crippen LogP contribution in [0.4, 0.5) is 0 Å². The average Bonchev–Trinajstić information content (AvgIpc) is 2.58. The Morgan fingerprint density at radius 3 is 2.47 bits per heavy atom. The summed E-state index contributed by atoms with van der Waals surface area (Å²) in [7, 11) is -2.02. The van der Waals surface area contributed by atoms with Gasteiger partial charge >= 0.3 is 0 Å². The van der Waals surface area contributed by atoms with Gasteiger partial charge in [-0.3, -0.25) is 4.79 Å². The molecule has 1 heterocycles. The Morgan fingerprint density at radius 2 is 2.00 bits per heavy atom. The predicted molar refractivity (Wildman–Crippen MR) is 67.9 cm³/mol. The molecule has 0 saturated heterocycles. The second kappa shape index (κ2) is 5.16. The van der Waals surface area contributed by atoms with E-state index in [9.17, 15) is 13.2 Å². The third kappa shape index (κ3) is 3.27. The normalized spacial score (nSPS) is 11.8. The Balaban J connectivity index is 3.15. The average molecular weight is 276 g/mol. The maximum atomic E-state index is 12.0. The Bertz CT molecular complexity index is 518. The summed E-state index contributed by atoms with van der Waals surface area (Å²) in [6, 6.07) is 1.23. The quantitative estimate of drug-likeness (QED) is 0.865. The van der Waals surface area contributed by atoms with Gasteiger partial charge in [-0.25, -0.2) is 13.1 Å². The van der Waals surface area contributed by atoms with Crippen molar-refractivity contribution in [2.75, 3.05) is 7.05 Å². The fourth-order valence-corrected chi connectivity index (χ4v) is 4.13. The number of hydrogen-bond acceptors (Lipinski definition) is 4. The molecule has 0 unspecified atom stereocenters. The zero-order chi connectivity index (χ0) is 13.2. The molecule has 1 aromatic heterocycles. The molecule has 0 fully saturated rings. The fourth-order valence-electron chi connectivity index (χ4n) is 1.34. The molecule has 17 heavy (non-hydrogen) atoms. The Labute approximate surface area is 105 Å². The molecule has 5 nitrogen and oxygen atoms in total. The first-order valence-corrected chi connectivity index (χ1v) is 7.42. The van der Waals surface area contributed by atoms with Crippen molar-refractivity contribution in [2.45, 2.75) is 31.7 Å². The summed E-state index contributed by atoms with van der Waals surface area (Å²) in [5.74, 6) is -0.274. The van der Waals surface area contributed by atoms with Gasteiger partial charge in [-0.05, 0) is 26.8 Å². The number of carbonyl (C=O) groups is 1. The van der Waals surface area contributed by atoms with Crippen LogP contribution in [0.3, 0.4) is 0 Å². The Hall–Kier alpha value is -0.920. The molecule has 0 aliphatic heterocycles. The molecule has 1 rings (SSSR count). The molecule has 7 heteroatoms. The lowest BCUT2D eigenvalue weighted by atomic mass is 10.4. The molecule has 0 aromatic carbocycles. The highest BCUT2D eigenvalue weighted by Crippen LogP contribution is 2.25. The zero-order valence-corrected chi connectivity index (χ0v) is 11.8. The molecular formula is C10H16N2O3S2. The van der Waals surface area contributed by atoms with E-state index in [1.54, 1.807) is 20.8 Å². The molecule has 96 valence electrons. The topological polar surface area (TPSA) is 75.3 Å². The summed E-state index contributed by atoms with van der Waals surface area (Å²) in [6.45, 7) is 5.18. The van der Waals surface area contributed by atoms with E-state index in [0.29, 0.717) is 9.75 Å². The highest BCUT2D eigenvalue weighted by atomic mass is 32.2. The lowest BCUT2D eigenvalue weighted by molar-refractivity contribution is 0.0967. The highest BCUT2D eigenvalue weighted by molar-refractivity contribution is 7.89. The summed E-state index contributed by atoms with van der Waals surface area (Å²) in [5.41, 5.74) is 0. The van der Waals surface area contributed by atoms with E-state index >= 15 is 0 Å². The smallest absolute Gasteiger partial charge is 0.261 e. The van der Waals surface area contributed by atoms with Gasteiger partial charge in [0.2, 0.25) is 10.0 Å². The minimum absolute atomic E-state index is 0.176. The van der Waals surface area contributed by atoms with Crippen molar-refractivity contribution in [3.8, 4) is 0 Å². The predicted octanol–water partition coefficient (Wildman–Crippen LogP) is 1.10. The second-order valence-corrected chi connectivity index (χ2v) is 6.82. The minimum atomic E-state index is -3.53. The van der Waals surface area contributed by atoms with Crippen molar-refractivity contribution < 1.29 is 13.2 Å². The number of carbonyl (C=O) groups excluding carboxylic acids is 1. The summed E-state index contributed by atoms with van der Waals surface area (Å²) in [6.07, 6.45) is 0. The van der Waals surface area contributed by atoms with E-state index in [1.807, 2.05) is 0 Å². The van der Waals surface area contributed by atoms with Crippen LogP contribution in [0.2, 0.25) is 0 Å². The van der Waals surface area contributed by atoms with Gasteiger partial charge in [0.1, 0.15) is 0 Å². The number of sulfonamides is 1. The third-order valence-electron chi connectivity index (χ3n) is 2.00. The fraction of sp³-hybridized carbons (Fsp3) is 0.500. The van der Waals surface area contributed by atoms with Crippen molar-refractivity contribution in [3.05, 3.63) is 15.8 Å². The van der Waals surface area contributed by atoms with E-state index in [0.717, 1.165) is 0 Å². The van der Waals surface area contributed by atoms with Gasteiger partial charge in [0, 0.05) is 18.0 Å². The molecule has 0 aliphatic rings. The lowest BCUT2D eigenvalue weighted by Gasteiger charge is -2.08. The molecule has 0 atom stereocenters. The van der Waals surface area contributed by atoms with Crippen molar-refractivity contribution in [1.82, 2.24) is 10.0 Å². The molecule has 0 saturated carbocycles. The molecule has 1 aromatic rings. The van der Waals surface area contributed by atoms with Gasteiger partial charge in [-0.2, -0.15) is 0 Å². The van der Waals surface area contributed by atoms with Crippen LogP contribution in [-0.4, -0.2) is 27.4 Å². The summed E-state index contributed by atoms with van der Waals surface area (Å²) >= 11 is 1.17. The molecule has 2 N–H and O–H groups in total. The van der Waals surface area contributed by atoms with Crippen molar-refractivity contribution in [2.24, 2.45) is 0 Å². The minimum Gasteiger partial charge on any atom is -0.354 e. The van der Waals surface area contributed by atoms with Crippen LogP contribution < -0.4 is 10.0 Å². The van der Waals surface area contributed by atoms with Crippen molar-refractivity contribution in [1.29, 1.82) is 0 Å². The summed E-state index contributed by atoms with van der Waals surface area (Å²) in [4.78, 5) is 12.6. The van der Waals surface area contributed by atoms with E-state index in [1.165, 1.54) is 24.5 Å². The lowest BCUT2D eigenvalue weighted by Crippen LogP contribution is -2.30. The maximum absolute atomic E-state index is 12.0. The first kappa shape index (κ1) is 14.1. The van der Waals surface area contributed by atoms with Gasteiger partial charge in [0.25, 0.3) is 5.91 Å². The number of hydrogen-bond donors (Lipinski definition) is 2. The number of thiophene rings is 1. The van der Waals surface area contributed by atoms with Gasteiger partial charge in [0.15, 0.2) is 0 Å². The summed E-state index contributed by atoms with van der Waals surface area (Å²) in [5, 5.41) is 2.47. The van der Waals surface area contributed by atoms with Crippen LogP contribution in [0.15, 0.2) is 11.0 Å². The monoisotopic (exact) mass is 276 g/mol. The number of amides is 1. The van der Waals surface area contributed by atoms with E-state index in [4.69, 9.17) is 0 Å². The molecular weight excluding hydrogens is 260 g/mol. The van der Waals surface area contributed by atoms with E-state index in [-0.39, 0.29) is 16.8 Å². The van der Waals surface area contributed by atoms with Crippen LogP contribution >= 0.6 is 11.3 Å². The van der Waals surface area contributed by atoms with Crippen LogP contribution in [0, 0.1) is 6.92 Å². The van der Waals surface area contributed by atoms with Crippen LogP contribution in [0.5, 0.6) is 0 Å². The second-order valence-electron chi connectivity index (χ2n) is 3.89. The molecule has 0 spiro atoms. The Morgan fingerprint density at radius 1 is 1.41 bits per heavy atom. The van der Waals surface area contributed by atoms with Crippen molar-refractivity contribution in [3.63, 3.8) is 0 Å². The number of aryl methyl sites for hydroxylation is 1. The largest absolute Gasteiger partial charge is 0.354 e. The number of rotatable bonds is 4. The van der Waals surface area contributed by atoms with Gasteiger partial charge < -0.3 is 5.32 Å². The highest BCUT2D eigenvalue weighted by Gasteiger charge is 2.22. The zero-order valence-electron chi connectivity index (χ0n) is 10.2. The van der Waals surface area contributed by atoms with Crippen LogP contribution in [0.1, 0.15) is 28.4 Å². The summed E-state index contributed by atoms with van der Waals surface area (Å²) < 4.78 is 26.4. The van der Waals surface area contributed by atoms with Crippen molar-refractivity contribution >= 4 is 27.3 Å². The molecule has 1 amide bonds. The van der Waals surface area contributed by atoms with Gasteiger partial charge in [-0.1, -0.05) is 0 Å². The Kier molecular flexibility index (Phi) is 4.29. The molecule has 0 aliphatic carbocycles. The third-order valence-corrected chi connectivity index (χ3v) is 4.97. The van der Waals surface area contributed by atoms with Crippen LogP contribution in [-0.2, 0) is 10.0 Å². The number of nitrogens with one attached hydrogen (secondary N) is 2. The SMILES string of the molecule is CNC(=O)c1cc(S(=O)(=O)NC(C)C)c(C)s1. The van der Waals surface area contributed by atoms with Crippen LogP contribution in [0.25, 0.3) is 0 Å². The molecule has 0 bridgehead atoms. The standard InChI is InChI=1S/C10H16N2O3S2/c1-6(2)12-17(14,15)9-5-8(10(13)11-4)16-7(9)3/h5-6,12H,1-4H3,(H,11,13). The first-order chi connectivity index (χ1) is 7.77. The van der Waals surface area contributed by atoms with E-state index < -0.39 is 10.0 Å². The van der Waals surface area contributed by atoms with Gasteiger partial charge in [0.05, 0.1) is 9.77 Å². The molecule has 0 radical (unpaired) electrons. The van der Waals surface area contributed by atoms with Gasteiger partial charge in [-0.15, -0.1) is 11.3 Å². The maximum Gasteiger partial charge on any atom is 0.261 e. The first-order valence-electron chi connectivity index (χ1n) is 5.12. The van der Waals surface area contributed by atoms with E-state index in [2.05, 4.69) is 10.0 Å².